The van der Waals surface area contributed by atoms with Gasteiger partial charge in [0, 0.05) is 5.69 Å². The number of esters is 1. The maximum Gasteiger partial charge on any atom is 0.348 e. The summed E-state index contributed by atoms with van der Waals surface area (Å²) in [6, 6.07) is 15.5. The molecular formula is C26H25N3O5S. The number of thiophene rings is 1. The van der Waals surface area contributed by atoms with Crippen molar-refractivity contribution in [2.75, 3.05) is 5.32 Å². The van der Waals surface area contributed by atoms with Gasteiger partial charge in [0.2, 0.25) is 5.91 Å². The number of anilines is 1. The number of ether oxygens (including phenoxy) is 2. The van der Waals surface area contributed by atoms with Gasteiger partial charge in [-0.05, 0) is 69.7 Å². The second kappa shape index (κ2) is 10.1. The van der Waals surface area contributed by atoms with E-state index in [9.17, 15) is 14.4 Å². The number of amides is 1. The molecule has 0 fully saturated rings. The molecule has 8 nitrogen and oxygen atoms in total. The van der Waals surface area contributed by atoms with E-state index < -0.39 is 12.0 Å². The van der Waals surface area contributed by atoms with E-state index in [1.54, 1.807) is 52.0 Å². The monoisotopic (exact) mass is 491 g/mol. The molecule has 0 aliphatic rings. The summed E-state index contributed by atoms with van der Waals surface area (Å²) in [5.41, 5.74) is 0.681. The highest BCUT2D eigenvalue weighted by molar-refractivity contribution is 7.20. The summed E-state index contributed by atoms with van der Waals surface area (Å²) in [6.45, 7) is 6.83. The molecule has 4 rings (SSSR count). The molecule has 180 valence electrons. The Kier molecular flexibility index (Phi) is 6.97. The number of aryl methyl sites for hydroxylation is 1. The molecule has 2 heterocycles. The Balaban J connectivity index is 1.51. The largest absolute Gasteiger partial charge is 0.459 e. The molecule has 2 aromatic carbocycles. The molecule has 1 amide bonds. The van der Waals surface area contributed by atoms with E-state index in [1.807, 2.05) is 30.3 Å². The Morgan fingerprint density at radius 1 is 1.00 bits per heavy atom. The molecule has 0 aliphatic heterocycles. The van der Waals surface area contributed by atoms with Crippen LogP contribution in [0.4, 0.5) is 5.69 Å². The van der Waals surface area contributed by atoms with Crippen LogP contribution in [0.5, 0.6) is 11.5 Å². The smallest absolute Gasteiger partial charge is 0.348 e. The van der Waals surface area contributed by atoms with E-state index in [4.69, 9.17) is 9.47 Å². The van der Waals surface area contributed by atoms with Gasteiger partial charge in [-0.2, -0.15) is 0 Å². The number of fused-ring (bicyclic) bond motifs is 1. The quantitative estimate of drug-likeness (QED) is 0.351. The second-order valence-corrected chi connectivity index (χ2v) is 9.25. The number of nitrogens with zero attached hydrogens (tertiary/aromatic N) is 2. The van der Waals surface area contributed by atoms with Crippen molar-refractivity contribution in [2.45, 2.75) is 39.8 Å². The van der Waals surface area contributed by atoms with Crippen LogP contribution in [0.2, 0.25) is 0 Å². The minimum absolute atomic E-state index is 0.278. The Labute approximate surface area is 206 Å². The zero-order valence-electron chi connectivity index (χ0n) is 19.8. The first-order valence-corrected chi connectivity index (χ1v) is 11.9. The number of para-hydroxylation sites is 1. The van der Waals surface area contributed by atoms with Gasteiger partial charge >= 0.3 is 5.97 Å². The van der Waals surface area contributed by atoms with Crippen molar-refractivity contribution in [3.63, 3.8) is 0 Å². The molecular weight excluding hydrogens is 466 g/mol. The molecule has 0 saturated carbocycles. The molecule has 4 aromatic rings. The van der Waals surface area contributed by atoms with Crippen molar-refractivity contribution >= 4 is 39.1 Å². The number of hydrogen-bond donors (Lipinski definition) is 1. The summed E-state index contributed by atoms with van der Waals surface area (Å²) in [6.07, 6.45) is 1.05. The topological polar surface area (TPSA) is 99.5 Å². The lowest BCUT2D eigenvalue weighted by Gasteiger charge is -2.15. The van der Waals surface area contributed by atoms with Gasteiger partial charge in [-0.3, -0.25) is 14.2 Å². The van der Waals surface area contributed by atoms with Gasteiger partial charge in [0.05, 0.1) is 17.8 Å². The third-order valence-electron chi connectivity index (χ3n) is 5.30. The van der Waals surface area contributed by atoms with Gasteiger partial charge in [-0.15, -0.1) is 11.3 Å². The molecule has 0 saturated heterocycles. The summed E-state index contributed by atoms with van der Waals surface area (Å²) in [4.78, 5) is 43.6. The number of nitrogens with one attached hydrogen (secondary N) is 1. The minimum Gasteiger partial charge on any atom is -0.459 e. The third kappa shape index (κ3) is 5.25. The first kappa shape index (κ1) is 24.2. The van der Waals surface area contributed by atoms with Crippen LogP contribution in [0.25, 0.3) is 10.2 Å². The van der Waals surface area contributed by atoms with Crippen molar-refractivity contribution < 1.29 is 19.1 Å². The predicted molar refractivity (Wildman–Crippen MR) is 135 cm³/mol. The van der Waals surface area contributed by atoms with Gasteiger partial charge in [-0.1, -0.05) is 18.2 Å². The number of carbonyl (C=O) groups excluding carboxylic acids is 2. The second-order valence-electron chi connectivity index (χ2n) is 8.25. The van der Waals surface area contributed by atoms with Crippen LogP contribution in [-0.2, 0) is 9.53 Å². The highest BCUT2D eigenvalue weighted by Crippen LogP contribution is 2.28. The molecule has 1 unspecified atom stereocenters. The zero-order chi connectivity index (χ0) is 25.1. The fraction of sp³-hybridized carbons (Fsp3) is 0.231. The van der Waals surface area contributed by atoms with Crippen LogP contribution < -0.4 is 15.6 Å². The van der Waals surface area contributed by atoms with Crippen LogP contribution in [0.1, 0.15) is 42.0 Å². The van der Waals surface area contributed by atoms with Gasteiger partial charge in [0.1, 0.15) is 27.2 Å². The van der Waals surface area contributed by atoms with Crippen molar-refractivity contribution in [1.29, 1.82) is 0 Å². The normalized spacial score (nSPS) is 11.9. The van der Waals surface area contributed by atoms with Crippen LogP contribution in [-0.4, -0.2) is 27.5 Å². The molecule has 35 heavy (non-hydrogen) atoms. The van der Waals surface area contributed by atoms with E-state index in [2.05, 4.69) is 10.3 Å². The average molecular weight is 492 g/mol. The summed E-state index contributed by atoms with van der Waals surface area (Å²) in [5.74, 6) is 0.478. The fourth-order valence-electron chi connectivity index (χ4n) is 3.48. The van der Waals surface area contributed by atoms with Crippen LogP contribution >= 0.6 is 11.3 Å². The van der Waals surface area contributed by atoms with Gasteiger partial charge in [-0.25, -0.2) is 9.78 Å². The maximum atomic E-state index is 13.2. The Hall–Kier alpha value is -3.98. The Morgan fingerprint density at radius 3 is 2.31 bits per heavy atom. The summed E-state index contributed by atoms with van der Waals surface area (Å²) in [5, 5.41) is 3.13. The zero-order valence-corrected chi connectivity index (χ0v) is 20.6. The van der Waals surface area contributed by atoms with E-state index in [-0.39, 0.29) is 17.6 Å². The molecule has 0 radical (unpaired) electrons. The van der Waals surface area contributed by atoms with Crippen LogP contribution in [0.3, 0.4) is 0 Å². The van der Waals surface area contributed by atoms with Crippen molar-refractivity contribution in [3.8, 4) is 11.5 Å². The van der Waals surface area contributed by atoms with Crippen molar-refractivity contribution in [1.82, 2.24) is 9.55 Å². The lowest BCUT2D eigenvalue weighted by molar-refractivity contribution is -0.118. The van der Waals surface area contributed by atoms with Crippen LogP contribution in [0, 0.1) is 6.92 Å². The first-order chi connectivity index (χ1) is 16.7. The lowest BCUT2D eigenvalue weighted by Crippen LogP contribution is -2.31. The lowest BCUT2D eigenvalue weighted by atomic mass is 10.2. The maximum absolute atomic E-state index is 13.2. The number of benzene rings is 2. The number of hydrogen-bond acceptors (Lipinski definition) is 7. The fourth-order valence-corrected chi connectivity index (χ4v) is 4.50. The number of rotatable bonds is 7. The number of aromatic nitrogens is 2. The molecule has 9 heteroatoms. The standard InChI is InChI=1S/C26H25N3O5S/c1-15(2)33-26(32)22-16(3)21-24(35-22)27-14-29(25(21)31)17(4)23(30)28-18-10-12-20(13-11-18)34-19-8-6-5-7-9-19/h5-15,17H,1-4H3,(H,28,30). The minimum atomic E-state index is -0.829. The molecule has 0 bridgehead atoms. The summed E-state index contributed by atoms with van der Waals surface area (Å²) < 4.78 is 12.3. The van der Waals surface area contributed by atoms with Gasteiger partial charge in [0.25, 0.3) is 5.56 Å². The SMILES string of the molecule is Cc1c(C(=O)OC(C)C)sc2ncn(C(C)C(=O)Nc3ccc(Oc4ccccc4)cc3)c(=O)c12. The molecule has 0 aliphatic carbocycles. The summed E-state index contributed by atoms with van der Waals surface area (Å²) >= 11 is 1.11. The van der Waals surface area contributed by atoms with Crippen molar-refractivity contribution in [3.05, 3.63) is 81.7 Å². The molecule has 2 aromatic heterocycles. The molecule has 0 spiro atoms. The summed E-state index contributed by atoms with van der Waals surface area (Å²) in [7, 11) is 0. The average Bonchev–Trinajstić information content (AvgIpc) is 3.17. The van der Waals surface area contributed by atoms with E-state index >= 15 is 0 Å². The van der Waals surface area contributed by atoms with Gasteiger partial charge in [0.15, 0.2) is 0 Å². The predicted octanol–water partition coefficient (Wildman–Crippen LogP) is 5.32. The number of carbonyl (C=O) groups is 2. The first-order valence-electron chi connectivity index (χ1n) is 11.1. The van der Waals surface area contributed by atoms with Crippen molar-refractivity contribution in [2.24, 2.45) is 0 Å². The molecule has 1 atom stereocenters. The molecule has 1 N–H and O–H groups in total. The van der Waals surface area contributed by atoms with E-state index in [0.717, 1.165) is 11.3 Å². The third-order valence-corrected chi connectivity index (χ3v) is 6.48. The van der Waals surface area contributed by atoms with E-state index in [0.29, 0.717) is 37.8 Å². The van der Waals surface area contributed by atoms with Gasteiger partial charge < -0.3 is 14.8 Å². The Morgan fingerprint density at radius 2 is 1.66 bits per heavy atom. The highest BCUT2D eigenvalue weighted by Gasteiger charge is 2.24. The Bertz CT molecular complexity index is 1430. The highest BCUT2D eigenvalue weighted by atomic mass is 32.1. The van der Waals surface area contributed by atoms with Crippen LogP contribution in [0.15, 0.2) is 65.7 Å². The van der Waals surface area contributed by atoms with E-state index in [1.165, 1.54) is 10.9 Å².